The molecule has 5 heteroatoms. The average molecular weight is 571 g/mol. The molecule has 0 saturated heterocycles. The molecule has 3 aromatic rings. The van der Waals surface area contributed by atoms with Crippen LogP contribution in [-0.4, -0.2) is 18.1 Å². The number of carbonyl (C=O) groups excluding carboxylic acids is 2. The molecular weight excluding hydrogens is 520 g/mol. The summed E-state index contributed by atoms with van der Waals surface area (Å²) in [4.78, 5) is 25.2. The number of nitrogens with zero attached hydrogens (tertiary/aromatic N) is 1. The fourth-order valence-electron chi connectivity index (χ4n) is 5.23. The Balaban J connectivity index is 1.35. The van der Waals surface area contributed by atoms with E-state index in [2.05, 4.69) is 17.5 Å². The van der Waals surface area contributed by atoms with Crippen molar-refractivity contribution in [2.24, 2.45) is 5.10 Å². The number of amides is 1. The second-order valence-electron chi connectivity index (χ2n) is 11.4. The Morgan fingerprint density at radius 2 is 1.29 bits per heavy atom. The van der Waals surface area contributed by atoms with Crippen LogP contribution in [0.2, 0.25) is 0 Å². The number of hydrazone groups is 1. The maximum absolute atomic E-state index is 12.8. The van der Waals surface area contributed by atoms with Crippen LogP contribution in [0.25, 0.3) is 10.8 Å². The van der Waals surface area contributed by atoms with Crippen molar-refractivity contribution in [2.75, 3.05) is 0 Å². The van der Waals surface area contributed by atoms with Gasteiger partial charge in [0.15, 0.2) is 0 Å². The van der Waals surface area contributed by atoms with Crippen molar-refractivity contribution in [1.29, 1.82) is 0 Å². The minimum absolute atomic E-state index is 0.0978. The number of hydrogen-bond donors (Lipinski definition) is 1. The SMILES string of the molecule is CCCCCCCCCCCCCCCCCC(=O)N/N=C/c1c(OC(=O)c2ccc(C)cc2)ccc2ccccc12. The Morgan fingerprint density at radius 3 is 1.90 bits per heavy atom. The average Bonchev–Trinajstić information content (AvgIpc) is 3.00. The van der Waals surface area contributed by atoms with Crippen LogP contribution < -0.4 is 10.2 Å². The van der Waals surface area contributed by atoms with Gasteiger partial charge in [-0.05, 0) is 42.3 Å². The highest BCUT2D eigenvalue weighted by Crippen LogP contribution is 2.27. The first-order valence-corrected chi connectivity index (χ1v) is 16.2. The molecule has 42 heavy (non-hydrogen) atoms. The monoisotopic (exact) mass is 570 g/mol. The van der Waals surface area contributed by atoms with Crippen LogP contribution in [0.3, 0.4) is 0 Å². The van der Waals surface area contributed by atoms with E-state index in [1.54, 1.807) is 24.4 Å². The summed E-state index contributed by atoms with van der Waals surface area (Å²) in [6.07, 6.45) is 21.5. The summed E-state index contributed by atoms with van der Waals surface area (Å²) in [5.41, 5.74) is 4.86. The summed E-state index contributed by atoms with van der Waals surface area (Å²) in [5, 5.41) is 6.11. The molecule has 226 valence electrons. The lowest BCUT2D eigenvalue weighted by atomic mass is 10.0. The van der Waals surface area contributed by atoms with Crippen molar-refractivity contribution < 1.29 is 14.3 Å². The molecule has 0 unspecified atom stereocenters. The number of esters is 1. The van der Waals surface area contributed by atoms with Gasteiger partial charge < -0.3 is 4.74 Å². The van der Waals surface area contributed by atoms with Crippen molar-refractivity contribution in [3.63, 3.8) is 0 Å². The molecule has 5 nitrogen and oxygen atoms in total. The number of benzene rings is 3. The van der Waals surface area contributed by atoms with Gasteiger partial charge in [-0.3, -0.25) is 4.79 Å². The number of fused-ring (bicyclic) bond motifs is 1. The van der Waals surface area contributed by atoms with E-state index >= 15 is 0 Å². The number of hydrogen-bond acceptors (Lipinski definition) is 4. The largest absolute Gasteiger partial charge is 0.422 e. The molecule has 0 fully saturated rings. The lowest BCUT2D eigenvalue weighted by Gasteiger charge is -2.11. The number of rotatable bonds is 20. The smallest absolute Gasteiger partial charge is 0.343 e. The highest BCUT2D eigenvalue weighted by atomic mass is 16.5. The molecule has 3 aromatic carbocycles. The van der Waals surface area contributed by atoms with E-state index < -0.39 is 5.97 Å². The molecule has 1 N–H and O–H groups in total. The van der Waals surface area contributed by atoms with Crippen LogP contribution in [0.4, 0.5) is 0 Å². The Hall–Kier alpha value is -3.47. The summed E-state index contributed by atoms with van der Waals surface area (Å²) >= 11 is 0. The van der Waals surface area contributed by atoms with Gasteiger partial charge in [-0.15, -0.1) is 0 Å². The number of nitrogens with one attached hydrogen (secondary N) is 1. The zero-order valence-electron chi connectivity index (χ0n) is 25.8. The van der Waals surface area contributed by atoms with Crippen LogP contribution >= 0.6 is 0 Å². The normalized spacial score (nSPS) is 11.3. The molecule has 0 bridgehead atoms. The molecule has 0 atom stereocenters. The molecule has 0 aliphatic heterocycles. The van der Waals surface area contributed by atoms with E-state index in [9.17, 15) is 9.59 Å². The first kappa shape index (κ1) is 33.0. The summed E-state index contributed by atoms with van der Waals surface area (Å²) in [5.74, 6) is -0.129. The highest BCUT2D eigenvalue weighted by Gasteiger charge is 2.13. The van der Waals surface area contributed by atoms with Crippen LogP contribution in [-0.2, 0) is 4.79 Å². The molecule has 0 aliphatic carbocycles. The first-order chi connectivity index (χ1) is 20.6. The standard InChI is InChI=1S/C37H50N2O3/c1-3-4-5-6-7-8-9-10-11-12-13-14-15-16-17-22-36(40)39-38-29-34-33-21-19-18-20-31(33)27-28-35(34)42-37(41)32-25-23-30(2)24-26-32/h18-21,23-29H,3-17,22H2,1-2H3,(H,39,40)/b38-29+. The van der Waals surface area contributed by atoms with Gasteiger partial charge in [0.2, 0.25) is 5.91 Å². The molecule has 3 rings (SSSR count). The predicted molar refractivity (Wildman–Crippen MR) is 175 cm³/mol. The van der Waals surface area contributed by atoms with Crippen LogP contribution in [0.1, 0.15) is 131 Å². The van der Waals surface area contributed by atoms with Gasteiger partial charge in [0.25, 0.3) is 0 Å². The third-order valence-electron chi connectivity index (χ3n) is 7.81. The molecule has 0 heterocycles. The molecule has 0 radical (unpaired) electrons. The van der Waals surface area contributed by atoms with Gasteiger partial charge in [0.1, 0.15) is 5.75 Å². The summed E-state index contributed by atoms with van der Waals surface area (Å²) in [6.45, 7) is 4.24. The Bertz CT molecular complexity index is 1250. The van der Waals surface area contributed by atoms with E-state index in [4.69, 9.17) is 4.74 Å². The Morgan fingerprint density at radius 1 is 0.714 bits per heavy atom. The van der Waals surface area contributed by atoms with Gasteiger partial charge in [0.05, 0.1) is 11.8 Å². The van der Waals surface area contributed by atoms with Crippen molar-refractivity contribution in [3.05, 3.63) is 77.4 Å². The lowest BCUT2D eigenvalue weighted by Crippen LogP contribution is -2.17. The van der Waals surface area contributed by atoms with E-state index in [1.807, 2.05) is 49.4 Å². The fraction of sp³-hybridized carbons (Fsp3) is 0.486. The van der Waals surface area contributed by atoms with Crippen molar-refractivity contribution in [2.45, 2.75) is 117 Å². The first-order valence-electron chi connectivity index (χ1n) is 16.2. The van der Waals surface area contributed by atoms with Gasteiger partial charge >= 0.3 is 5.97 Å². The molecule has 0 aliphatic rings. The van der Waals surface area contributed by atoms with E-state index in [1.165, 1.54) is 83.5 Å². The second kappa shape index (κ2) is 19.6. The fourth-order valence-corrected chi connectivity index (χ4v) is 5.23. The molecule has 0 aromatic heterocycles. The number of unbranched alkanes of at least 4 members (excludes halogenated alkanes) is 14. The quantitative estimate of drug-likeness (QED) is 0.0483. The van der Waals surface area contributed by atoms with E-state index in [0.29, 0.717) is 23.3 Å². The molecule has 0 saturated carbocycles. The topological polar surface area (TPSA) is 67.8 Å². The van der Waals surface area contributed by atoms with Gasteiger partial charge in [-0.1, -0.05) is 145 Å². The van der Waals surface area contributed by atoms with Crippen LogP contribution in [0, 0.1) is 6.92 Å². The highest BCUT2D eigenvalue weighted by molar-refractivity contribution is 6.04. The maximum atomic E-state index is 12.8. The minimum Gasteiger partial charge on any atom is -0.422 e. The zero-order chi connectivity index (χ0) is 29.8. The minimum atomic E-state index is -0.433. The van der Waals surface area contributed by atoms with Gasteiger partial charge in [-0.2, -0.15) is 5.10 Å². The van der Waals surface area contributed by atoms with Crippen LogP contribution in [0.5, 0.6) is 5.75 Å². The third-order valence-corrected chi connectivity index (χ3v) is 7.81. The second-order valence-corrected chi connectivity index (χ2v) is 11.4. The Labute approximate surface area is 253 Å². The lowest BCUT2D eigenvalue weighted by molar-refractivity contribution is -0.121. The molecule has 0 spiro atoms. The van der Waals surface area contributed by atoms with E-state index in [-0.39, 0.29) is 5.91 Å². The summed E-state index contributed by atoms with van der Waals surface area (Å²) < 4.78 is 5.75. The predicted octanol–water partition coefficient (Wildman–Crippen LogP) is 10.1. The van der Waals surface area contributed by atoms with Crippen molar-refractivity contribution in [1.82, 2.24) is 5.43 Å². The summed E-state index contributed by atoms with van der Waals surface area (Å²) in [6, 6.07) is 18.8. The van der Waals surface area contributed by atoms with Crippen molar-refractivity contribution in [3.8, 4) is 5.75 Å². The molecular formula is C37H50N2O3. The maximum Gasteiger partial charge on any atom is 0.343 e. The van der Waals surface area contributed by atoms with E-state index in [0.717, 1.165) is 29.2 Å². The zero-order valence-corrected chi connectivity index (χ0v) is 25.8. The summed E-state index contributed by atoms with van der Waals surface area (Å²) in [7, 11) is 0. The van der Waals surface area contributed by atoms with Gasteiger partial charge in [0, 0.05) is 12.0 Å². The number of ether oxygens (including phenoxy) is 1. The molecule has 1 amide bonds. The van der Waals surface area contributed by atoms with Gasteiger partial charge in [-0.25, -0.2) is 10.2 Å². The van der Waals surface area contributed by atoms with Crippen molar-refractivity contribution >= 4 is 28.9 Å². The third kappa shape index (κ3) is 12.2. The van der Waals surface area contributed by atoms with Crippen LogP contribution in [0.15, 0.2) is 65.8 Å². The number of aryl methyl sites for hydroxylation is 1. The number of carbonyl (C=O) groups is 2. The Kier molecular flexibility index (Phi) is 15.4.